The Morgan fingerprint density at radius 1 is 1.25 bits per heavy atom. The van der Waals surface area contributed by atoms with Crippen LogP contribution in [-0.2, 0) is 4.79 Å². The fraction of sp³-hybridized carbons (Fsp3) is 0.562. The van der Waals surface area contributed by atoms with Crippen LogP contribution in [0, 0.1) is 16.0 Å². The maximum Gasteiger partial charge on any atom is 0.292 e. The van der Waals surface area contributed by atoms with Gasteiger partial charge in [-0.1, -0.05) is 26.0 Å². The Balaban J connectivity index is 0.00000288. The van der Waals surface area contributed by atoms with Crippen LogP contribution in [0.15, 0.2) is 24.3 Å². The summed E-state index contributed by atoms with van der Waals surface area (Å²) in [6.45, 7) is 6.31. The molecule has 1 heterocycles. The average Bonchev–Trinajstić information content (AvgIpc) is 2.53. The number of hydrogen-bond acceptors (Lipinski definition) is 5. The molecule has 0 unspecified atom stereocenters. The molecule has 1 amide bonds. The van der Waals surface area contributed by atoms with Crippen LogP contribution in [0.5, 0.6) is 0 Å². The third kappa shape index (κ3) is 4.82. The molecule has 0 bridgehead atoms. The summed E-state index contributed by atoms with van der Waals surface area (Å²) in [5.41, 5.74) is 6.67. The molecule has 1 aromatic carbocycles. The lowest BCUT2D eigenvalue weighted by Gasteiger charge is -2.37. The van der Waals surface area contributed by atoms with E-state index >= 15 is 0 Å². The molecule has 0 aliphatic carbocycles. The van der Waals surface area contributed by atoms with Crippen molar-refractivity contribution in [3.63, 3.8) is 0 Å². The first-order chi connectivity index (χ1) is 10.9. The van der Waals surface area contributed by atoms with E-state index in [4.69, 9.17) is 5.73 Å². The minimum atomic E-state index is -0.465. The van der Waals surface area contributed by atoms with Gasteiger partial charge in [-0.15, -0.1) is 12.4 Å². The van der Waals surface area contributed by atoms with Crippen molar-refractivity contribution >= 4 is 29.7 Å². The first-order valence-electron chi connectivity index (χ1n) is 7.93. The maximum atomic E-state index is 12.3. The number of nitro groups is 1. The summed E-state index contributed by atoms with van der Waals surface area (Å²) in [6.07, 6.45) is 0.670. The van der Waals surface area contributed by atoms with Crippen LogP contribution in [0.25, 0.3) is 0 Å². The number of hydrogen-bond donors (Lipinski definition) is 1. The van der Waals surface area contributed by atoms with E-state index in [0.717, 1.165) is 0 Å². The molecule has 2 rings (SSSR count). The van der Waals surface area contributed by atoms with Crippen LogP contribution in [-0.4, -0.2) is 48.0 Å². The van der Waals surface area contributed by atoms with Crippen LogP contribution in [0.4, 0.5) is 11.4 Å². The highest BCUT2D eigenvalue weighted by Crippen LogP contribution is 2.28. The highest BCUT2D eigenvalue weighted by molar-refractivity contribution is 5.85. The molecule has 134 valence electrons. The van der Waals surface area contributed by atoms with Gasteiger partial charge in [-0.3, -0.25) is 14.9 Å². The molecule has 1 aliphatic rings. The Hall–Kier alpha value is -1.86. The Morgan fingerprint density at radius 3 is 2.38 bits per heavy atom. The predicted molar refractivity (Wildman–Crippen MR) is 96.6 cm³/mol. The number of nitrogens with zero attached hydrogens (tertiary/aromatic N) is 3. The maximum absolute atomic E-state index is 12.3. The fourth-order valence-corrected chi connectivity index (χ4v) is 2.90. The Morgan fingerprint density at radius 2 is 1.83 bits per heavy atom. The SMILES string of the molecule is CC(C)C[C@H](N)C(=O)N1CCN(c2ccccc2[N+](=O)[O-])CC1.Cl. The van der Waals surface area contributed by atoms with Gasteiger partial charge in [0.2, 0.25) is 5.91 Å². The zero-order chi connectivity index (χ0) is 17.0. The number of benzene rings is 1. The van der Waals surface area contributed by atoms with Crippen LogP contribution < -0.4 is 10.6 Å². The third-order valence-corrected chi connectivity index (χ3v) is 4.05. The summed E-state index contributed by atoms with van der Waals surface area (Å²) in [5.74, 6) is 0.350. The summed E-state index contributed by atoms with van der Waals surface area (Å²) >= 11 is 0. The molecule has 1 aromatic rings. The number of para-hydroxylation sites is 2. The van der Waals surface area contributed by atoms with Gasteiger partial charge in [0.15, 0.2) is 0 Å². The van der Waals surface area contributed by atoms with Crippen molar-refractivity contribution in [2.24, 2.45) is 11.7 Å². The van der Waals surface area contributed by atoms with E-state index in [1.165, 1.54) is 6.07 Å². The summed E-state index contributed by atoms with van der Waals surface area (Å²) in [6, 6.07) is 6.24. The summed E-state index contributed by atoms with van der Waals surface area (Å²) in [7, 11) is 0. The second-order valence-corrected chi connectivity index (χ2v) is 6.29. The van der Waals surface area contributed by atoms with Crippen LogP contribution in [0.2, 0.25) is 0 Å². The van der Waals surface area contributed by atoms with Crippen LogP contribution >= 0.6 is 12.4 Å². The molecule has 0 saturated carbocycles. The fourth-order valence-electron chi connectivity index (χ4n) is 2.90. The van der Waals surface area contributed by atoms with E-state index in [0.29, 0.717) is 44.2 Å². The van der Waals surface area contributed by atoms with Crippen LogP contribution in [0.1, 0.15) is 20.3 Å². The Bertz CT molecular complexity index is 574. The van der Waals surface area contributed by atoms with Gasteiger partial charge in [-0.25, -0.2) is 0 Å². The molecule has 0 radical (unpaired) electrons. The number of nitrogens with two attached hydrogens (primary N) is 1. The van der Waals surface area contributed by atoms with Crippen molar-refractivity contribution < 1.29 is 9.72 Å². The zero-order valence-electron chi connectivity index (χ0n) is 14.1. The lowest BCUT2D eigenvalue weighted by atomic mass is 10.0. The Labute approximate surface area is 148 Å². The van der Waals surface area contributed by atoms with Crippen molar-refractivity contribution in [2.45, 2.75) is 26.3 Å². The standard InChI is InChI=1S/C16H24N4O3.ClH/c1-12(2)11-13(17)16(21)19-9-7-18(8-10-19)14-5-3-4-6-15(14)20(22)23;/h3-6,12-13H,7-11,17H2,1-2H3;1H/t13-;/m0./s1. The summed E-state index contributed by atoms with van der Waals surface area (Å²) < 4.78 is 0. The topological polar surface area (TPSA) is 92.7 Å². The van der Waals surface area contributed by atoms with Gasteiger partial charge in [0.25, 0.3) is 5.69 Å². The summed E-state index contributed by atoms with van der Waals surface area (Å²) in [4.78, 5) is 26.8. The van der Waals surface area contributed by atoms with Crippen molar-refractivity contribution in [1.29, 1.82) is 0 Å². The third-order valence-electron chi connectivity index (χ3n) is 4.05. The molecule has 1 fully saturated rings. The minimum absolute atomic E-state index is 0. The molecule has 0 aromatic heterocycles. The first kappa shape index (κ1) is 20.2. The van der Waals surface area contributed by atoms with E-state index in [9.17, 15) is 14.9 Å². The lowest BCUT2D eigenvalue weighted by Crippen LogP contribution is -2.53. The number of carbonyl (C=O) groups is 1. The normalized spacial score (nSPS) is 15.8. The van der Waals surface area contributed by atoms with Crippen molar-refractivity contribution in [1.82, 2.24) is 4.90 Å². The number of anilines is 1. The summed E-state index contributed by atoms with van der Waals surface area (Å²) in [5, 5.41) is 11.1. The van der Waals surface area contributed by atoms with E-state index in [1.807, 2.05) is 18.7 Å². The van der Waals surface area contributed by atoms with Crippen molar-refractivity contribution in [3.8, 4) is 0 Å². The molecule has 1 atom stereocenters. The number of rotatable bonds is 5. The molecule has 1 saturated heterocycles. The number of piperazine rings is 1. The second-order valence-electron chi connectivity index (χ2n) is 6.29. The van der Waals surface area contributed by atoms with Gasteiger partial charge in [0.1, 0.15) is 5.69 Å². The van der Waals surface area contributed by atoms with E-state index < -0.39 is 6.04 Å². The van der Waals surface area contributed by atoms with E-state index in [-0.39, 0.29) is 28.9 Å². The molecular weight excluding hydrogens is 332 g/mol. The highest BCUT2D eigenvalue weighted by atomic mass is 35.5. The molecule has 2 N–H and O–H groups in total. The largest absolute Gasteiger partial charge is 0.362 e. The number of halogens is 1. The lowest BCUT2D eigenvalue weighted by molar-refractivity contribution is -0.384. The van der Waals surface area contributed by atoms with Crippen LogP contribution in [0.3, 0.4) is 0 Å². The van der Waals surface area contributed by atoms with Gasteiger partial charge in [-0.05, 0) is 18.4 Å². The number of carbonyl (C=O) groups excluding carboxylic acids is 1. The monoisotopic (exact) mass is 356 g/mol. The highest BCUT2D eigenvalue weighted by Gasteiger charge is 2.28. The molecule has 1 aliphatic heterocycles. The average molecular weight is 357 g/mol. The number of amides is 1. The van der Waals surface area contributed by atoms with Gasteiger partial charge in [0.05, 0.1) is 11.0 Å². The molecule has 8 heteroatoms. The van der Waals surface area contributed by atoms with E-state index in [2.05, 4.69) is 0 Å². The quantitative estimate of drug-likeness (QED) is 0.643. The molecule has 7 nitrogen and oxygen atoms in total. The van der Waals surface area contributed by atoms with Gasteiger partial charge in [0, 0.05) is 32.2 Å². The van der Waals surface area contributed by atoms with Gasteiger partial charge < -0.3 is 15.5 Å². The molecule has 24 heavy (non-hydrogen) atoms. The predicted octanol–water partition coefficient (Wildman–Crippen LogP) is 2.04. The van der Waals surface area contributed by atoms with Gasteiger partial charge >= 0.3 is 0 Å². The molecular formula is C16H25ClN4O3. The first-order valence-corrected chi connectivity index (χ1v) is 7.93. The zero-order valence-corrected chi connectivity index (χ0v) is 14.9. The smallest absolute Gasteiger partial charge is 0.292 e. The van der Waals surface area contributed by atoms with Gasteiger partial charge in [-0.2, -0.15) is 0 Å². The van der Waals surface area contributed by atoms with E-state index in [1.54, 1.807) is 23.1 Å². The second kappa shape index (κ2) is 8.84. The Kier molecular flexibility index (Phi) is 7.44. The minimum Gasteiger partial charge on any atom is -0.362 e. The molecule has 0 spiro atoms. The van der Waals surface area contributed by atoms with Crippen molar-refractivity contribution in [2.75, 3.05) is 31.1 Å². The number of nitro benzene ring substituents is 1. The van der Waals surface area contributed by atoms with Crippen molar-refractivity contribution in [3.05, 3.63) is 34.4 Å².